The second-order valence-electron chi connectivity index (χ2n) is 6.43. The van der Waals surface area contributed by atoms with Crippen molar-refractivity contribution >= 4 is 16.0 Å². The van der Waals surface area contributed by atoms with E-state index in [-0.39, 0.29) is 6.04 Å². The minimum Gasteiger partial charge on any atom is -0.352 e. The van der Waals surface area contributed by atoms with Crippen LogP contribution in [-0.4, -0.2) is 57.3 Å². The van der Waals surface area contributed by atoms with Gasteiger partial charge in [0.2, 0.25) is 10.0 Å². The monoisotopic (exact) mass is 368 g/mol. The molecule has 6 nitrogen and oxygen atoms in total. The van der Waals surface area contributed by atoms with Crippen molar-refractivity contribution < 1.29 is 8.42 Å². The van der Waals surface area contributed by atoms with E-state index in [1.54, 1.807) is 26.2 Å². The van der Waals surface area contributed by atoms with Crippen molar-refractivity contribution in [1.29, 1.82) is 0 Å². The number of benzene rings is 1. The predicted molar refractivity (Wildman–Crippen MR) is 104 cm³/mol. The van der Waals surface area contributed by atoms with Gasteiger partial charge < -0.3 is 10.2 Å². The highest BCUT2D eigenvalue weighted by atomic mass is 32.2. The Labute approximate surface area is 153 Å². The maximum absolute atomic E-state index is 12.5. The van der Waals surface area contributed by atoms with Gasteiger partial charge >= 0.3 is 0 Å². The minimum atomic E-state index is -3.43. The van der Waals surface area contributed by atoms with Crippen LogP contribution in [-0.2, 0) is 16.6 Å². The molecule has 0 saturated carbocycles. The molecule has 7 heteroatoms. The first-order valence-electron chi connectivity index (χ1n) is 8.72. The molecule has 0 aliphatic heterocycles. The average Bonchev–Trinajstić information content (AvgIpc) is 2.59. The van der Waals surface area contributed by atoms with Crippen LogP contribution in [0.5, 0.6) is 0 Å². The fourth-order valence-electron chi connectivity index (χ4n) is 2.29. The Balaban J connectivity index is 2.74. The molecular weight excluding hydrogens is 336 g/mol. The Bertz CT molecular complexity index is 654. The molecule has 1 N–H and O–H groups in total. The first kappa shape index (κ1) is 21.4. The molecule has 0 unspecified atom stereocenters. The van der Waals surface area contributed by atoms with Crippen LogP contribution >= 0.6 is 0 Å². The molecule has 0 atom stereocenters. The number of hydrogen-bond donors (Lipinski definition) is 1. The highest BCUT2D eigenvalue weighted by molar-refractivity contribution is 7.89. The van der Waals surface area contributed by atoms with Gasteiger partial charge in [-0.2, -0.15) is 4.31 Å². The molecule has 0 aromatic heterocycles. The van der Waals surface area contributed by atoms with Crippen molar-refractivity contribution in [3.63, 3.8) is 0 Å². The van der Waals surface area contributed by atoms with E-state index in [2.05, 4.69) is 22.1 Å². The standard InChI is InChI=1S/C18H32N4O2S/c1-7-8-13-21(5)18(19-4)20-14-16-9-11-17(12-10-16)25(23,24)22(6)15(2)3/h9-12,15H,7-8,13-14H2,1-6H3,(H,19,20). The van der Waals surface area contributed by atoms with E-state index in [9.17, 15) is 8.42 Å². The molecular formula is C18H32N4O2S. The van der Waals surface area contributed by atoms with Gasteiger partial charge in [-0.15, -0.1) is 0 Å². The predicted octanol–water partition coefficient (Wildman–Crippen LogP) is 2.52. The lowest BCUT2D eigenvalue weighted by Crippen LogP contribution is -2.39. The maximum Gasteiger partial charge on any atom is 0.243 e. The summed E-state index contributed by atoms with van der Waals surface area (Å²) >= 11 is 0. The van der Waals surface area contributed by atoms with Gasteiger partial charge in [-0.1, -0.05) is 25.5 Å². The number of unbranched alkanes of at least 4 members (excludes halogenated alkanes) is 1. The number of guanidine groups is 1. The minimum absolute atomic E-state index is 0.0756. The lowest BCUT2D eigenvalue weighted by Gasteiger charge is -2.22. The Kier molecular flexibility index (Phi) is 8.38. The smallest absolute Gasteiger partial charge is 0.243 e. The van der Waals surface area contributed by atoms with E-state index in [4.69, 9.17) is 0 Å². The Morgan fingerprint density at radius 2 is 1.80 bits per heavy atom. The molecule has 0 saturated heterocycles. The number of rotatable bonds is 8. The van der Waals surface area contributed by atoms with E-state index >= 15 is 0 Å². The van der Waals surface area contributed by atoms with Gasteiger partial charge in [-0.3, -0.25) is 4.99 Å². The average molecular weight is 369 g/mol. The van der Waals surface area contributed by atoms with Crippen molar-refractivity contribution in [2.45, 2.75) is 51.1 Å². The summed E-state index contributed by atoms with van der Waals surface area (Å²) in [5.41, 5.74) is 1.01. The molecule has 0 fully saturated rings. The van der Waals surface area contributed by atoms with Crippen molar-refractivity contribution in [1.82, 2.24) is 14.5 Å². The number of aliphatic imine (C=N–C) groups is 1. The number of nitrogens with zero attached hydrogens (tertiary/aromatic N) is 3. The molecule has 1 rings (SSSR count). The topological polar surface area (TPSA) is 65.0 Å². The van der Waals surface area contributed by atoms with Crippen LogP contribution in [0.3, 0.4) is 0 Å². The van der Waals surface area contributed by atoms with Gasteiger partial charge in [0, 0.05) is 40.3 Å². The maximum atomic E-state index is 12.5. The molecule has 142 valence electrons. The third-order valence-electron chi connectivity index (χ3n) is 4.20. The van der Waals surface area contributed by atoms with Crippen LogP contribution in [0.1, 0.15) is 39.2 Å². The summed E-state index contributed by atoms with van der Waals surface area (Å²) < 4.78 is 26.3. The first-order valence-corrected chi connectivity index (χ1v) is 10.2. The molecule has 1 aromatic carbocycles. The van der Waals surface area contributed by atoms with Crippen LogP contribution in [0.4, 0.5) is 0 Å². The first-order chi connectivity index (χ1) is 11.7. The lowest BCUT2D eigenvalue weighted by atomic mass is 10.2. The summed E-state index contributed by atoms with van der Waals surface area (Å²) in [6.45, 7) is 7.43. The highest BCUT2D eigenvalue weighted by Crippen LogP contribution is 2.17. The van der Waals surface area contributed by atoms with Crippen LogP contribution in [0, 0.1) is 0 Å². The fourth-order valence-corrected chi connectivity index (χ4v) is 3.66. The lowest BCUT2D eigenvalue weighted by molar-refractivity contribution is 0.410. The van der Waals surface area contributed by atoms with Gasteiger partial charge in [0.15, 0.2) is 5.96 Å². The SMILES string of the molecule is CCCCN(C)C(=NC)NCc1ccc(S(=O)(=O)N(C)C(C)C)cc1. The van der Waals surface area contributed by atoms with E-state index in [1.165, 1.54) is 4.31 Å². The third kappa shape index (κ3) is 6.01. The van der Waals surface area contributed by atoms with Crippen molar-refractivity contribution in [3.05, 3.63) is 29.8 Å². The molecule has 25 heavy (non-hydrogen) atoms. The Morgan fingerprint density at radius 1 is 1.20 bits per heavy atom. The van der Waals surface area contributed by atoms with E-state index in [0.29, 0.717) is 11.4 Å². The summed E-state index contributed by atoms with van der Waals surface area (Å²) in [5, 5.41) is 3.31. The molecule has 0 aliphatic rings. The molecule has 0 bridgehead atoms. The van der Waals surface area contributed by atoms with Gasteiger partial charge in [0.25, 0.3) is 0 Å². The summed E-state index contributed by atoms with van der Waals surface area (Å²) in [5.74, 6) is 0.838. The third-order valence-corrected chi connectivity index (χ3v) is 6.25. The van der Waals surface area contributed by atoms with Gasteiger partial charge in [0.1, 0.15) is 0 Å². The molecule has 0 spiro atoms. The quantitative estimate of drug-likeness (QED) is 0.566. The van der Waals surface area contributed by atoms with Crippen LogP contribution in [0.15, 0.2) is 34.2 Å². The molecule has 1 aromatic rings. The van der Waals surface area contributed by atoms with Crippen LogP contribution in [0.2, 0.25) is 0 Å². The molecule has 0 radical (unpaired) electrons. The zero-order valence-electron chi connectivity index (χ0n) is 16.3. The summed E-state index contributed by atoms with van der Waals surface area (Å²) in [6.07, 6.45) is 2.26. The van der Waals surface area contributed by atoms with Gasteiger partial charge in [-0.05, 0) is 38.0 Å². The van der Waals surface area contributed by atoms with Crippen molar-refractivity contribution in [2.24, 2.45) is 4.99 Å². The molecule has 0 aliphatic carbocycles. The number of sulfonamides is 1. The van der Waals surface area contributed by atoms with E-state index in [0.717, 1.165) is 30.9 Å². The number of nitrogens with one attached hydrogen (secondary N) is 1. The second kappa shape index (κ2) is 9.77. The number of hydrogen-bond acceptors (Lipinski definition) is 3. The Hall–Kier alpha value is -1.60. The van der Waals surface area contributed by atoms with Crippen molar-refractivity contribution in [2.75, 3.05) is 27.7 Å². The summed E-state index contributed by atoms with van der Waals surface area (Å²) in [6, 6.07) is 6.93. The second-order valence-corrected chi connectivity index (χ2v) is 8.43. The Morgan fingerprint density at radius 3 is 2.28 bits per heavy atom. The molecule has 0 amide bonds. The van der Waals surface area contributed by atoms with Crippen molar-refractivity contribution in [3.8, 4) is 0 Å². The van der Waals surface area contributed by atoms with Gasteiger partial charge in [-0.25, -0.2) is 8.42 Å². The van der Waals surface area contributed by atoms with E-state index < -0.39 is 10.0 Å². The fraction of sp³-hybridized carbons (Fsp3) is 0.611. The highest BCUT2D eigenvalue weighted by Gasteiger charge is 2.22. The zero-order valence-corrected chi connectivity index (χ0v) is 17.1. The summed E-state index contributed by atoms with van der Waals surface area (Å²) in [7, 11) is 1.95. The van der Waals surface area contributed by atoms with Crippen LogP contribution in [0.25, 0.3) is 0 Å². The molecule has 0 heterocycles. The normalized spacial score (nSPS) is 12.7. The van der Waals surface area contributed by atoms with Crippen LogP contribution < -0.4 is 5.32 Å². The summed E-state index contributed by atoms with van der Waals surface area (Å²) in [4.78, 5) is 6.70. The van der Waals surface area contributed by atoms with E-state index in [1.807, 2.05) is 33.0 Å². The zero-order chi connectivity index (χ0) is 19.0. The largest absolute Gasteiger partial charge is 0.352 e. The van der Waals surface area contributed by atoms with Gasteiger partial charge in [0.05, 0.1) is 4.90 Å².